The van der Waals surface area contributed by atoms with E-state index >= 15 is 4.39 Å². The zero-order chi connectivity index (χ0) is 34.8. The molecule has 0 spiro atoms. The number of fused-ring (bicyclic) bond motifs is 3. The highest BCUT2D eigenvalue weighted by atomic mass is 32.1. The van der Waals surface area contributed by atoms with Gasteiger partial charge in [-0.05, 0) is 69.5 Å². The van der Waals surface area contributed by atoms with E-state index in [1.807, 2.05) is 6.07 Å². The molecule has 256 valence electrons. The van der Waals surface area contributed by atoms with Gasteiger partial charge in [-0.25, -0.2) is 8.78 Å². The molecule has 2 N–H and O–H groups in total. The number of ether oxygens (including phenoxy) is 2. The molecule has 0 aliphatic carbocycles. The van der Waals surface area contributed by atoms with E-state index in [0.29, 0.717) is 30.4 Å². The van der Waals surface area contributed by atoms with Gasteiger partial charge in [-0.1, -0.05) is 12.6 Å². The number of nitrogens with two attached hydrogens (primary N) is 1. The summed E-state index contributed by atoms with van der Waals surface area (Å²) in [4.78, 5) is 24.9. The number of carbonyl (C=O) groups is 1. The van der Waals surface area contributed by atoms with Gasteiger partial charge in [0.2, 0.25) is 11.8 Å². The Kier molecular flexibility index (Phi) is 8.14. The highest BCUT2D eigenvalue weighted by Crippen LogP contribution is 2.48. The molecule has 3 aliphatic rings. The first-order valence-corrected chi connectivity index (χ1v) is 16.7. The van der Waals surface area contributed by atoms with Gasteiger partial charge >= 0.3 is 12.2 Å². The predicted octanol–water partition coefficient (Wildman–Crippen LogP) is 6.82. The topological polar surface area (TPSA) is 118 Å². The monoisotopic (exact) mass is 698 g/mol. The molecular formula is C34H31F5N6O3S. The van der Waals surface area contributed by atoms with E-state index < -0.39 is 46.6 Å². The molecule has 2 atom stereocenters. The number of rotatable bonds is 7. The molecule has 7 rings (SSSR count). The molecule has 9 nitrogen and oxygen atoms in total. The molecule has 4 aromatic rings. The summed E-state index contributed by atoms with van der Waals surface area (Å²) in [6, 6.07) is 3.64. The minimum Gasteiger partial charge on any atom is -0.471 e. The van der Waals surface area contributed by atoms with Crippen LogP contribution in [0.15, 0.2) is 30.9 Å². The maximum absolute atomic E-state index is 17.0. The van der Waals surface area contributed by atoms with Gasteiger partial charge in [0.05, 0.1) is 32.8 Å². The number of alkyl halides is 3. The summed E-state index contributed by atoms with van der Waals surface area (Å²) >= 11 is 0.687. The van der Waals surface area contributed by atoms with Gasteiger partial charge in [-0.15, -0.1) is 11.3 Å². The van der Waals surface area contributed by atoms with Gasteiger partial charge < -0.3 is 20.1 Å². The van der Waals surface area contributed by atoms with Gasteiger partial charge in [-0.3, -0.25) is 9.69 Å². The van der Waals surface area contributed by atoms with Gasteiger partial charge in [-0.2, -0.15) is 28.4 Å². The Morgan fingerprint density at radius 2 is 1.96 bits per heavy atom. The van der Waals surface area contributed by atoms with Gasteiger partial charge in [0.25, 0.3) is 0 Å². The number of carbonyl (C=O) groups excluding carboxylic acids is 1. The van der Waals surface area contributed by atoms with Crippen LogP contribution in [0.2, 0.25) is 0 Å². The van der Waals surface area contributed by atoms with Crippen molar-refractivity contribution in [3.05, 3.63) is 53.6 Å². The minimum atomic E-state index is -5.12. The lowest BCUT2D eigenvalue weighted by molar-refractivity contribution is -0.137. The smallest absolute Gasteiger partial charge is 0.417 e. The second-order valence-corrected chi connectivity index (χ2v) is 13.8. The Morgan fingerprint density at radius 1 is 1.22 bits per heavy atom. The van der Waals surface area contributed by atoms with Crippen molar-refractivity contribution in [2.24, 2.45) is 0 Å². The fourth-order valence-electron chi connectivity index (χ4n) is 7.63. The van der Waals surface area contributed by atoms with Crippen molar-refractivity contribution in [2.75, 3.05) is 32.0 Å². The van der Waals surface area contributed by atoms with E-state index in [1.165, 1.54) is 4.90 Å². The van der Waals surface area contributed by atoms with Crippen molar-refractivity contribution < 1.29 is 36.2 Å². The minimum absolute atomic E-state index is 0.116. The summed E-state index contributed by atoms with van der Waals surface area (Å²) in [6.45, 7) is 7.57. The van der Waals surface area contributed by atoms with Crippen molar-refractivity contribution >= 4 is 43.2 Å². The van der Waals surface area contributed by atoms with Crippen molar-refractivity contribution in [3.63, 3.8) is 0 Å². The molecule has 5 heterocycles. The third-order valence-corrected chi connectivity index (χ3v) is 11.1. The second-order valence-electron chi connectivity index (χ2n) is 12.7. The van der Waals surface area contributed by atoms with Crippen molar-refractivity contribution in [1.29, 1.82) is 5.26 Å². The van der Waals surface area contributed by atoms with Crippen LogP contribution in [0.3, 0.4) is 0 Å². The number of nitrogens with zero attached hydrogens (tertiary/aromatic N) is 5. The lowest BCUT2D eigenvalue weighted by atomic mass is 9.92. The van der Waals surface area contributed by atoms with Gasteiger partial charge in [0.15, 0.2) is 5.82 Å². The van der Waals surface area contributed by atoms with E-state index in [1.54, 1.807) is 6.92 Å². The molecule has 0 bridgehead atoms. The summed E-state index contributed by atoms with van der Waals surface area (Å²) in [7, 11) is 0. The van der Waals surface area contributed by atoms with Crippen molar-refractivity contribution in [3.8, 4) is 29.1 Å². The van der Waals surface area contributed by atoms with Crippen LogP contribution in [0, 0.1) is 23.0 Å². The molecule has 1 amide bonds. The average Bonchev–Trinajstić information content (AvgIpc) is 3.83. The fraction of sp³-hybridized carbons (Fsp3) is 0.412. The zero-order valence-corrected chi connectivity index (χ0v) is 27.2. The number of likely N-dealkylation sites (tertiary alicyclic amines) is 1. The quantitative estimate of drug-likeness (QED) is 0.165. The standard InChI is InChI=1S/C34H31F5N6O3S/c1-3-24(46)45-13-8-23(17(45)2)48-31-19-14-21(34(37,38)39)26(18-6-7-22(35)29-25(18)20(15-40)30(41)49-29)27(36)28(19)42-32(43-31)47-16-33-9-4-11-44(33)12-5-10-33/h3,6-7,14,17,23H,1,4-5,8-13,16,41H2,2H3/t17-,23-/m1/s1. The fourth-order valence-corrected chi connectivity index (χ4v) is 8.58. The molecule has 15 heteroatoms. The second kappa shape index (κ2) is 12.1. The summed E-state index contributed by atoms with van der Waals surface area (Å²) in [6.07, 6.45) is -0.585. The molecule has 49 heavy (non-hydrogen) atoms. The molecular weight excluding hydrogens is 667 g/mol. The number of nitrogen functional groups attached to an aromatic ring is 1. The number of hydrogen-bond donors (Lipinski definition) is 1. The number of nitriles is 1. The van der Waals surface area contributed by atoms with Crippen molar-refractivity contribution in [2.45, 2.75) is 62.9 Å². The number of amides is 1. The molecule has 0 radical (unpaired) electrons. The number of hydrogen-bond acceptors (Lipinski definition) is 9. The van der Waals surface area contributed by atoms with Crippen LogP contribution in [-0.2, 0) is 11.0 Å². The number of halogens is 5. The third-order valence-electron chi connectivity index (χ3n) is 10.1. The van der Waals surface area contributed by atoms with Crippen LogP contribution < -0.4 is 15.2 Å². The number of thiophene rings is 1. The number of aromatic nitrogens is 2. The highest BCUT2D eigenvalue weighted by molar-refractivity contribution is 7.23. The van der Waals surface area contributed by atoms with E-state index in [9.17, 15) is 27.6 Å². The molecule has 0 unspecified atom stereocenters. The maximum Gasteiger partial charge on any atom is 0.417 e. The summed E-state index contributed by atoms with van der Waals surface area (Å²) in [5.41, 5.74) is 2.22. The zero-order valence-electron chi connectivity index (χ0n) is 26.4. The molecule has 2 aromatic heterocycles. The number of benzene rings is 2. The third kappa shape index (κ3) is 5.41. The first kappa shape index (κ1) is 33.0. The first-order chi connectivity index (χ1) is 23.4. The summed E-state index contributed by atoms with van der Waals surface area (Å²) in [5.74, 6) is -2.87. The maximum atomic E-state index is 17.0. The molecule has 3 fully saturated rings. The number of anilines is 1. The van der Waals surface area contributed by atoms with E-state index in [4.69, 9.17) is 15.2 Å². The SMILES string of the molecule is C=CC(=O)N1CC[C@@H](Oc2nc(OCC34CCCN3CCC4)nc3c(F)c(-c4ccc(F)c5sc(N)c(C#N)c45)c(C(F)(F)F)cc23)[C@H]1C. The Hall–Kier alpha value is -4.55. The highest BCUT2D eigenvalue weighted by Gasteiger charge is 2.45. The Balaban J connectivity index is 1.43. The normalized spacial score (nSPS) is 20.6. The lowest BCUT2D eigenvalue weighted by Gasteiger charge is -2.31. The average molecular weight is 699 g/mol. The summed E-state index contributed by atoms with van der Waals surface area (Å²) < 4.78 is 88.7. The van der Waals surface area contributed by atoms with Crippen molar-refractivity contribution in [1.82, 2.24) is 19.8 Å². The van der Waals surface area contributed by atoms with Crippen LogP contribution in [-0.4, -0.2) is 69.6 Å². The molecule has 3 aliphatic heterocycles. The van der Waals surface area contributed by atoms with Crippen LogP contribution in [0.1, 0.15) is 50.2 Å². The Labute approximate surface area is 281 Å². The molecule has 2 aromatic carbocycles. The van der Waals surface area contributed by atoms with Gasteiger partial charge in [0, 0.05) is 23.9 Å². The Bertz CT molecular complexity index is 2050. The predicted molar refractivity (Wildman–Crippen MR) is 173 cm³/mol. The van der Waals surface area contributed by atoms with Crippen LogP contribution in [0.25, 0.3) is 32.1 Å². The van der Waals surface area contributed by atoms with E-state index in [0.717, 1.165) is 57.0 Å². The van der Waals surface area contributed by atoms with Crippen LogP contribution in [0.4, 0.5) is 27.0 Å². The van der Waals surface area contributed by atoms with Crippen LogP contribution in [0.5, 0.6) is 11.9 Å². The molecule has 0 saturated carbocycles. The van der Waals surface area contributed by atoms with Gasteiger partial charge in [0.1, 0.15) is 35.1 Å². The summed E-state index contributed by atoms with van der Waals surface area (Å²) in [5, 5.41) is 9.08. The van der Waals surface area contributed by atoms with E-state index in [2.05, 4.69) is 21.4 Å². The first-order valence-electron chi connectivity index (χ1n) is 15.9. The Morgan fingerprint density at radius 3 is 2.63 bits per heavy atom. The molecule has 3 saturated heterocycles. The lowest BCUT2D eigenvalue weighted by Crippen LogP contribution is -2.43. The largest absolute Gasteiger partial charge is 0.471 e. The van der Waals surface area contributed by atoms with Crippen LogP contribution >= 0.6 is 11.3 Å². The van der Waals surface area contributed by atoms with E-state index in [-0.39, 0.29) is 61.5 Å².